The molecule has 0 aliphatic carbocycles. The fourth-order valence-corrected chi connectivity index (χ4v) is 4.03. The molecule has 2 aromatic rings. The topological polar surface area (TPSA) is 38.8 Å². The standard InChI is InChI=1S/C22H25NO3/c1-16-5-3-4-6-17(16)15-23-11-9-22(10-12-23)14-20(24)19-8-7-18(25-2)13-21(19)26-22/h3-8,13H,9-12,14-15H2,1-2H3. The molecule has 2 aromatic carbocycles. The van der Waals surface area contributed by atoms with E-state index in [9.17, 15) is 4.79 Å². The van der Waals surface area contributed by atoms with E-state index < -0.39 is 0 Å². The number of likely N-dealkylation sites (tertiary alicyclic amines) is 1. The van der Waals surface area contributed by atoms with E-state index in [1.807, 2.05) is 18.2 Å². The molecular weight excluding hydrogens is 326 g/mol. The van der Waals surface area contributed by atoms with Crippen LogP contribution in [-0.4, -0.2) is 36.5 Å². The summed E-state index contributed by atoms with van der Waals surface area (Å²) < 4.78 is 11.7. The number of piperidine rings is 1. The maximum absolute atomic E-state index is 12.6. The summed E-state index contributed by atoms with van der Waals surface area (Å²) in [5, 5.41) is 0. The van der Waals surface area contributed by atoms with Crippen molar-refractivity contribution in [1.29, 1.82) is 0 Å². The highest BCUT2D eigenvalue weighted by Gasteiger charge is 2.43. The Hall–Kier alpha value is -2.33. The summed E-state index contributed by atoms with van der Waals surface area (Å²) in [6.07, 6.45) is 2.23. The van der Waals surface area contributed by atoms with Gasteiger partial charge in [-0.25, -0.2) is 0 Å². The van der Waals surface area contributed by atoms with Crippen LogP contribution >= 0.6 is 0 Å². The highest BCUT2D eigenvalue weighted by Crippen LogP contribution is 2.40. The Morgan fingerprint density at radius 3 is 2.65 bits per heavy atom. The average Bonchev–Trinajstić information content (AvgIpc) is 2.65. The van der Waals surface area contributed by atoms with Gasteiger partial charge in [0.15, 0.2) is 5.78 Å². The number of benzene rings is 2. The van der Waals surface area contributed by atoms with E-state index in [-0.39, 0.29) is 11.4 Å². The zero-order valence-electron chi connectivity index (χ0n) is 15.5. The van der Waals surface area contributed by atoms with Gasteiger partial charge in [0.1, 0.15) is 17.1 Å². The summed E-state index contributed by atoms with van der Waals surface area (Å²) >= 11 is 0. The third-order valence-electron chi connectivity index (χ3n) is 5.72. The predicted molar refractivity (Wildman–Crippen MR) is 101 cm³/mol. The fourth-order valence-electron chi connectivity index (χ4n) is 4.03. The molecule has 0 amide bonds. The van der Waals surface area contributed by atoms with Crippen molar-refractivity contribution in [2.24, 2.45) is 0 Å². The van der Waals surface area contributed by atoms with Crippen LogP contribution in [0.4, 0.5) is 0 Å². The van der Waals surface area contributed by atoms with Crippen molar-refractivity contribution in [2.45, 2.75) is 38.3 Å². The lowest BCUT2D eigenvalue weighted by atomic mass is 9.82. The maximum Gasteiger partial charge on any atom is 0.170 e. The van der Waals surface area contributed by atoms with Crippen LogP contribution in [0, 0.1) is 6.92 Å². The van der Waals surface area contributed by atoms with Gasteiger partial charge < -0.3 is 9.47 Å². The largest absolute Gasteiger partial charge is 0.497 e. The molecule has 0 bridgehead atoms. The number of rotatable bonds is 3. The summed E-state index contributed by atoms with van der Waals surface area (Å²) in [6.45, 7) is 5.01. The van der Waals surface area contributed by atoms with Gasteiger partial charge in [-0.1, -0.05) is 24.3 Å². The zero-order valence-corrected chi connectivity index (χ0v) is 15.5. The van der Waals surface area contributed by atoms with Crippen LogP contribution in [0.1, 0.15) is 40.7 Å². The van der Waals surface area contributed by atoms with Gasteiger partial charge in [0.2, 0.25) is 0 Å². The number of aryl methyl sites for hydroxylation is 1. The molecule has 0 N–H and O–H groups in total. The number of carbonyl (C=O) groups excluding carboxylic acids is 1. The zero-order chi connectivity index (χ0) is 18.1. The van der Waals surface area contributed by atoms with Crippen LogP contribution in [-0.2, 0) is 6.54 Å². The molecule has 1 saturated heterocycles. The van der Waals surface area contributed by atoms with E-state index in [2.05, 4.69) is 36.1 Å². The summed E-state index contributed by atoms with van der Waals surface area (Å²) in [7, 11) is 1.63. The second-order valence-corrected chi connectivity index (χ2v) is 7.45. The molecule has 136 valence electrons. The van der Waals surface area contributed by atoms with Gasteiger partial charge in [-0.05, 0) is 30.2 Å². The summed E-state index contributed by atoms with van der Waals surface area (Å²) in [4.78, 5) is 15.1. The number of ketones is 1. The highest BCUT2D eigenvalue weighted by molar-refractivity contribution is 6.00. The van der Waals surface area contributed by atoms with E-state index in [1.54, 1.807) is 7.11 Å². The number of carbonyl (C=O) groups is 1. The molecule has 4 heteroatoms. The van der Waals surface area contributed by atoms with Crippen LogP contribution in [0.25, 0.3) is 0 Å². The number of ether oxygens (including phenoxy) is 2. The lowest BCUT2D eigenvalue weighted by molar-refractivity contribution is -0.0109. The van der Waals surface area contributed by atoms with Crippen molar-refractivity contribution in [3.63, 3.8) is 0 Å². The monoisotopic (exact) mass is 351 g/mol. The lowest BCUT2D eigenvalue weighted by Gasteiger charge is -2.44. The van der Waals surface area contributed by atoms with Crippen LogP contribution < -0.4 is 9.47 Å². The van der Waals surface area contributed by atoms with E-state index in [0.717, 1.165) is 38.2 Å². The number of methoxy groups -OCH3 is 1. The molecule has 1 fully saturated rings. The maximum atomic E-state index is 12.6. The summed E-state index contributed by atoms with van der Waals surface area (Å²) in [5.74, 6) is 1.58. The van der Waals surface area contributed by atoms with Crippen LogP contribution in [0.15, 0.2) is 42.5 Å². The first-order chi connectivity index (χ1) is 12.6. The van der Waals surface area contributed by atoms with Crippen LogP contribution in [0.2, 0.25) is 0 Å². The SMILES string of the molecule is COc1ccc2c(c1)OC1(CCN(Cc3ccccc3C)CC1)CC2=O. The molecule has 2 aliphatic heterocycles. The minimum absolute atomic E-state index is 0.182. The Morgan fingerprint density at radius 1 is 1.15 bits per heavy atom. The van der Waals surface area contributed by atoms with Gasteiger partial charge in [0.25, 0.3) is 0 Å². The quantitative estimate of drug-likeness (QED) is 0.838. The Balaban J connectivity index is 1.47. The number of nitrogens with zero attached hydrogens (tertiary/aromatic N) is 1. The smallest absolute Gasteiger partial charge is 0.170 e. The molecule has 0 radical (unpaired) electrons. The third-order valence-corrected chi connectivity index (χ3v) is 5.72. The van der Waals surface area contributed by atoms with Crippen LogP contribution in [0.3, 0.4) is 0 Å². The van der Waals surface area contributed by atoms with Gasteiger partial charge in [0.05, 0.1) is 19.1 Å². The molecule has 26 heavy (non-hydrogen) atoms. The minimum Gasteiger partial charge on any atom is -0.497 e. The predicted octanol–water partition coefficient (Wildman–Crippen LogP) is 4.00. The van der Waals surface area contributed by atoms with Gasteiger partial charge in [-0.15, -0.1) is 0 Å². The van der Waals surface area contributed by atoms with E-state index in [4.69, 9.17) is 9.47 Å². The number of fused-ring (bicyclic) bond motifs is 1. The Morgan fingerprint density at radius 2 is 1.92 bits per heavy atom. The number of hydrogen-bond acceptors (Lipinski definition) is 4. The van der Waals surface area contributed by atoms with Gasteiger partial charge in [-0.3, -0.25) is 9.69 Å². The number of hydrogen-bond donors (Lipinski definition) is 0. The molecule has 0 saturated carbocycles. The summed E-state index contributed by atoms with van der Waals surface area (Å²) in [5.41, 5.74) is 3.02. The molecular formula is C22H25NO3. The Labute approximate surface area is 154 Å². The highest BCUT2D eigenvalue weighted by atomic mass is 16.5. The van der Waals surface area contributed by atoms with Crippen molar-refractivity contribution in [3.05, 3.63) is 59.2 Å². The van der Waals surface area contributed by atoms with Gasteiger partial charge in [-0.2, -0.15) is 0 Å². The fraction of sp³-hybridized carbons (Fsp3) is 0.409. The van der Waals surface area contributed by atoms with Crippen molar-refractivity contribution in [2.75, 3.05) is 20.2 Å². The molecule has 1 spiro atoms. The van der Waals surface area contributed by atoms with Crippen molar-refractivity contribution >= 4 is 5.78 Å². The van der Waals surface area contributed by atoms with Gasteiger partial charge in [0, 0.05) is 38.5 Å². The molecule has 4 nitrogen and oxygen atoms in total. The minimum atomic E-state index is -0.362. The first-order valence-electron chi connectivity index (χ1n) is 9.26. The van der Waals surface area contributed by atoms with Gasteiger partial charge >= 0.3 is 0 Å². The molecule has 4 rings (SSSR count). The lowest BCUT2D eigenvalue weighted by Crippen LogP contribution is -2.50. The number of Topliss-reactive ketones (excluding diaryl/α,β-unsaturated/α-hetero) is 1. The van der Waals surface area contributed by atoms with Crippen molar-refractivity contribution < 1.29 is 14.3 Å². The Kier molecular flexibility index (Phi) is 4.45. The molecule has 0 unspecified atom stereocenters. The molecule has 0 aromatic heterocycles. The summed E-state index contributed by atoms with van der Waals surface area (Å²) in [6, 6.07) is 14.0. The first kappa shape index (κ1) is 17.1. The normalized spacial score (nSPS) is 19.1. The molecule has 0 atom stereocenters. The van der Waals surface area contributed by atoms with Crippen molar-refractivity contribution in [1.82, 2.24) is 4.90 Å². The van der Waals surface area contributed by atoms with E-state index in [1.165, 1.54) is 11.1 Å². The second kappa shape index (κ2) is 6.76. The third kappa shape index (κ3) is 3.21. The molecule has 2 aliphatic rings. The average molecular weight is 351 g/mol. The Bertz CT molecular complexity index is 822. The van der Waals surface area contributed by atoms with Crippen molar-refractivity contribution in [3.8, 4) is 11.5 Å². The molecule has 2 heterocycles. The van der Waals surface area contributed by atoms with E-state index in [0.29, 0.717) is 17.7 Å². The second-order valence-electron chi connectivity index (χ2n) is 7.45. The van der Waals surface area contributed by atoms with E-state index >= 15 is 0 Å². The first-order valence-corrected chi connectivity index (χ1v) is 9.26. The van der Waals surface area contributed by atoms with Crippen LogP contribution in [0.5, 0.6) is 11.5 Å².